The number of nitrogens with zero attached hydrogens (tertiary/aromatic N) is 1. The summed E-state index contributed by atoms with van der Waals surface area (Å²) in [7, 11) is 3.91. The highest BCUT2D eigenvalue weighted by Gasteiger charge is 2.40. The third-order valence-electron chi connectivity index (χ3n) is 4.10. The van der Waals surface area contributed by atoms with Gasteiger partial charge in [-0.3, -0.25) is 4.79 Å². The molecule has 0 spiro atoms. The Kier molecular flexibility index (Phi) is 4.22. The molecule has 116 valence electrons. The molecule has 0 fully saturated rings. The van der Waals surface area contributed by atoms with Gasteiger partial charge in [0.1, 0.15) is 5.78 Å². The second kappa shape index (κ2) is 7.37. The van der Waals surface area contributed by atoms with E-state index in [4.69, 9.17) is 4.11 Å². The minimum atomic E-state index is -2.29. The third-order valence-corrected chi connectivity index (χ3v) is 4.10. The molecular weight excluding hydrogens is 270 g/mol. The van der Waals surface area contributed by atoms with E-state index in [0.29, 0.717) is 13.0 Å². The van der Waals surface area contributed by atoms with E-state index in [1.807, 2.05) is 79.7 Å². The van der Waals surface area contributed by atoms with Crippen molar-refractivity contribution in [3.8, 4) is 0 Å². The number of Topliss-reactive ketones (excluding diaryl/α,β-unsaturated/α-hetero) is 1. The van der Waals surface area contributed by atoms with Crippen LogP contribution < -0.4 is 0 Å². The van der Waals surface area contributed by atoms with Gasteiger partial charge in [0.05, 0.1) is 5.41 Å². The molecule has 0 aliphatic carbocycles. The van der Waals surface area contributed by atoms with E-state index < -0.39 is 18.7 Å². The number of carbonyl (C=O) groups excluding carboxylic acids is 1. The summed E-state index contributed by atoms with van der Waals surface area (Å²) in [5, 5.41) is 0. The van der Waals surface area contributed by atoms with E-state index in [1.54, 1.807) is 0 Å². The molecule has 2 heteroatoms. The van der Waals surface area contributed by atoms with Gasteiger partial charge in [-0.25, -0.2) is 0 Å². The monoisotopic (exact) mass is 298 g/mol. The Labute approximate surface area is 138 Å². The number of ketones is 1. The largest absolute Gasteiger partial charge is 0.309 e. The molecule has 0 aliphatic heterocycles. The lowest BCUT2D eigenvalue weighted by atomic mass is 9.68. The van der Waals surface area contributed by atoms with Gasteiger partial charge in [-0.1, -0.05) is 67.5 Å². The summed E-state index contributed by atoms with van der Waals surface area (Å²) in [5.41, 5.74) is 0.732. The molecule has 0 radical (unpaired) electrons. The van der Waals surface area contributed by atoms with Crippen LogP contribution in [-0.2, 0) is 10.2 Å². The maximum atomic E-state index is 13.3. The topological polar surface area (TPSA) is 20.3 Å². The summed E-state index contributed by atoms with van der Waals surface area (Å²) in [6.07, 6.45) is 0.0904. The minimum absolute atomic E-state index is 0.258. The zero-order valence-electron chi connectivity index (χ0n) is 16.3. The maximum Gasteiger partial charge on any atom is 0.147 e. The Hall–Kier alpha value is -1.93. The van der Waals surface area contributed by atoms with Crippen molar-refractivity contribution < 1.29 is 8.91 Å². The van der Waals surface area contributed by atoms with Gasteiger partial charge in [0, 0.05) is 10.5 Å². The van der Waals surface area contributed by atoms with E-state index in [2.05, 4.69) is 0 Å². The fourth-order valence-corrected chi connectivity index (χ4v) is 2.90. The van der Waals surface area contributed by atoms with Gasteiger partial charge in [-0.05, 0) is 38.2 Å². The zero-order valence-corrected chi connectivity index (χ0v) is 13.3. The predicted molar refractivity (Wildman–Crippen MR) is 92.1 cm³/mol. The highest BCUT2D eigenvalue weighted by molar-refractivity contribution is 5.93. The summed E-state index contributed by atoms with van der Waals surface area (Å²) >= 11 is 0. The van der Waals surface area contributed by atoms with E-state index in [1.165, 1.54) is 0 Å². The van der Waals surface area contributed by atoms with Gasteiger partial charge in [-0.2, -0.15) is 0 Å². The van der Waals surface area contributed by atoms with Crippen molar-refractivity contribution in [1.82, 2.24) is 4.90 Å². The fourth-order valence-electron chi connectivity index (χ4n) is 2.90. The first-order valence-electron chi connectivity index (χ1n) is 9.05. The number of benzene rings is 2. The van der Waals surface area contributed by atoms with Crippen LogP contribution in [0.15, 0.2) is 60.7 Å². The Balaban J connectivity index is 2.63. The molecule has 0 atom stereocenters. The van der Waals surface area contributed by atoms with Gasteiger partial charge >= 0.3 is 0 Å². The Bertz CT molecular complexity index is 642. The van der Waals surface area contributed by atoms with Crippen LogP contribution in [0.5, 0.6) is 0 Å². The molecule has 0 amide bonds. The van der Waals surface area contributed by atoms with Crippen LogP contribution in [-0.4, -0.2) is 31.3 Å². The molecule has 2 aromatic rings. The average Bonchev–Trinajstić information content (AvgIpc) is 2.55. The Morgan fingerprint density at radius 2 is 1.50 bits per heavy atom. The van der Waals surface area contributed by atoms with Crippen molar-refractivity contribution in [3.63, 3.8) is 0 Å². The quantitative estimate of drug-likeness (QED) is 0.772. The van der Waals surface area contributed by atoms with Gasteiger partial charge in [0.25, 0.3) is 0 Å². The molecule has 0 aliphatic rings. The first-order chi connectivity index (χ1) is 11.8. The van der Waals surface area contributed by atoms with Crippen molar-refractivity contribution in [2.75, 3.05) is 20.6 Å². The predicted octanol–water partition coefficient (Wildman–Crippen LogP) is 3.90. The molecule has 2 rings (SSSR count). The lowest BCUT2D eigenvalue weighted by Gasteiger charge is -2.34. The smallest absolute Gasteiger partial charge is 0.147 e. The molecule has 0 bridgehead atoms. The summed E-state index contributed by atoms with van der Waals surface area (Å²) in [4.78, 5) is 15.3. The van der Waals surface area contributed by atoms with Gasteiger partial charge in [0.15, 0.2) is 0 Å². The number of hydrogen-bond acceptors (Lipinski definition) is 2. The Morgan fingerprint density at radius 1 is 1.00 bits per heavy atom. The number of hydrogen-bond donors (Lipinski definition) is 0. The molecule has 0 aromatic heterocycles. The van der Waals surface area contributed by atoms with E-state index in [-0.39, 0.29) is 5.78 Å². The second-order valence-electron chi connectivity index (χ2n) is 5.79. The lowest BCUT2D eigenvalue weighted by molar-refractivity contribution is -0.123. The van der Waals surface area contributed by atoms with Crippen molar-refractivity contribution in [2.24, 2.45) is 0 Å². The molecular formula is C20H25NO. The van der Waals surface area contributed by atoms with Crippen LogP contribution in [0, 0.1) is 0 Å². The molecule has 0 heterocycles. The van der Waals surface area contributed by atoms with Crippen molar-refractivity contribution in [1.29, 1.82) is 0 Å². The van der Waals surface area contributed by atoms with E-state index in [0.717, 1.165) is 11.1 Å². The average molecular weight is 298 g/mol. The highest BCUT2D eigenvalue weighted by atomic mass is 16.1. The lowest BCUT2D eigenvalue weighted by Crippen LogP contribution is -2.39. The minimum Gasteiger partial charge on any atom is -0.309 e. The fraction of sp³-hybridized carbons (Fsp3) is 0.350. The van der Waals surface area contributed by atoms with Crippen molar-refractivity contribution in [3.05, 3.63) is 71.8 Å². The first kappa shape index (κ1) is 12.6. The summed E-state index contributed by atoms with van der Waals surface area (Å²) in [6, 6.07) is 19.0. The Morgan fingerprint density at radius 3 is 1.91 bits per heavy atom. The van der Waals surface area contributed by atoms with Crippen LogP contribution in [0.1, 0.15) is 34.9 Å². The van der Waals surface area contributed by atoms with E-state index >= 15 is 0 Å². The van der Waals surface area contributed by atoms with Crippen molar-refractivity contribution >= 4 is 5.78 Å². The number of rotatable bonds is 7. The standard InChI is InChI=1S/C20H25NO/c1-4-19(22)20(15-16-21(2)3,17-11-7-5-8-12-17)18-13-9-6-10-14-18/h5-14H,4,15-16H2,1-3H3/i1D3. The SMILES string of the molecule is [2H]C([2H])([2H])CC(=O)C(CCN(C)C)(c1ccccc1)c1ccccc1. The van der Waals surface area contributed by atoms with E-state index in [9.17, 15) is 4.79 Å². The molecule has 0 saturated heterocycles. The molecule has 0 saturated carbocycles. The van der Waals surface area contributed by atoms with Gasteiger partial charge in [0.2, 0.25) is 0 Å². The maximum absolute atomic E-state index is 13.3. The molecule has 0 N–H and O–H groups in total. The number of carbonyl (C=O) groups is 1. The normalized spacial score (nSPS) is 14.2. The summed E-state index contributed by atoms with van der Waals surface area (Å²) < 4.78 is 22.8. The second-order valence-corrected chi connectivity index (χ2v) is 5.79. The van der Waals surface area contributed by atoms with Crippen LogP contribution in [0.2, 0.25) is 0 Å². The zero-order chi connectivity index (χ0) is 18.5. The molecule has 22 heavy (non-hydrogen) atoms. The highest BCUT2D eigenvalue weighted by Crippen LogP contribution is 2.37. The summed E-state index contributed by atoms with van der Waals surface area (Å²) in [6.45, 7) is -1.61. The first-order valence-corrected chi connectivity index (χ1v) is 7.55. The van der Waals surface area contributed by atoms with Crippen LogP contribution >= 0.6 is 0 Å². The van der Waals surface area contributed by atoms with Gasteiger partial charge in [-0.15, -0.1) is 0 Å². The third kappa shape index (κ3) is 3.28. The van der Waals surface area contributed by atoms with Crippen molar-refractivity contribution in [2.45, 2.75) is 25.1 Å². The van der Waals surface area contributed by atoms with Crippen LogP contribution in [0.3, 0.4) is 0 Å². The van der Waals surface area contributed by atoms with Crippen LogP contribution in [0.4, 0.5) is 0 Å². The molecule has 2 nitrogen and oxygen atoms in total. The molecule has 0 unspecified atom stereocenters. The summed E-state index contributed by atoms with van der Waals surface area (Å²) in [5.74, 6) is -0.258. The molecule has 2 aromatic carbocycles. The van der Waals surface area contributed by atoms with Crippen LogP contribution in [0.25, 0.3) is 0 Å². The van der Waals surface area contributed by atoms with Gasteiger partial charge < -0.3 is 4.90 Å².